The summed E-state index contributed by atoms with van der Waals surface area (Å²) in [5.74, 6) is -2.51. The van der Waals surface area contributed by atoms with Gasteiger partial charge in [0, 0.05) is 39.1 Å². The van der Waals surface area contributed by atoms with Crippen molar-refractivity contribution in [3.05, 3.63) is 45.1 Å². The summed E-state index contributed by atoms with van der Waals surface area (Å²) in [5.41, 5.74) is 0.859. The summed E-state index contributed by atoms with van der Waals surface area (Å²) in [6.07, 6.45) is -4.65. The normalized spacial score (nSPS) is 21.8. The highest BCUT2D eigenvalue weighted by atomic mass is 32.1. The summed E-state index contributed by atoms with van der Waals surface area (Å²) in [6.45, 7) is 5.87. The highest BCUT2D eigenvalue weighted by Crippen LogP contribution is 2.31. The molecule has 2 aromatic heterocycles. The van der Waals surface area contributed by atoms with E-state index >= 15 is 0 Å². The second kappa shape index (κ2) is 13.1. The number of hydrogen-bond donors (Lipinski definition) is 0. The molecule has 0 radical (unpaired) electrons. The van der Waals surface area contributed by atoms with Gasteiger partial charge in [-0.25, -0.2) is 4.98 Å². The van der Waals surface area contributed by atoms with Crippen LogP contribution in [0, 0.1) is 6.92 Å². The Morgan fingerprint density at radius 1 is 0.881 bits per heavy atom. The van der Waals surface area contributed by atoms with Crippen molar-refractivity contribution in [2.24, 2.45) is 0 Å². The van der Waals surface area contributed by atoms with E-state index in [4.69, 9.17) is 32.8 Å². The molecule has 5 unspecified atom stereocenters. The van der Waals surface area contributed by atoms with Gasteiger partial charge in [0.05, 0.1) is 21.7 Å². The molecule has 3 aromatic rings. The summed E-state index contributed by atoms with van der Waals surface area (Å²) in [7, 11) is 0. The first kappa shape index (κ1) is 30.7. The van der Waals surface area contributed by atoms with Crippen LogP contribution >= 0.6 is 11.3 Å². The third-order valence-corrected chi connectivity index (χ3v) is 6.92. The number of aryl methyl sites for hydroxylation is 1. The number of nitrogens with zero attached hydrogens (tertiary/aromatic N) is 1. The SMILES string of the molecule is CC(=O)OCC1OC(COc2ccc3c(=O)c(-c4csc(C)n4)coc3c2)C(OC(C)=O)C(OC(C)=O)C1OC(C)=O. The minimum absolute atomic E-state index is 0.245. The minimum Gasteiger partial charge on any atom is -0.491 e. The summed E-state index contributed by atoms with van der Waals surface area (Å²) in [5, 5.41) is 2.91. The van der Waals surface area contributed by atoms with E-state index in [0.29, 0.717) is 16.6 Å². The fourth-order valence-corrected chi connectivity index (χ4v) is 5.11. The topological polar surface area (TPSA) is 167 Å². The average molecular weight is 604 g/mol. The fourth-order valence-electron chi connectivity index (χ4n) is 4.49. The van der Waals surface area contributed by atoms with E-state index in [1.807, 2.05) is 6.92 Å². The Morgan fingerprint density at radius 2 is 1.50 bits per heavy atom. The predicted molar refractivity (Wildman–Crippen MR) is 146 cm³/mol. The van der Waals surface area contributed by atoms with Crippen LogP contribution in [0.4, 0.5) is 0 Å². The van der Waals surface area contributed by atoms with Crippen molar-refractivity contribution in [1.82, 2.24) is 4.98 Å². The number of aromatic nitrogens is 1. The highest BCUT2D eigenvalue weighted by molar-refractivity contribution is 7.09. The monoisotopic (exact) mass is 603 g/mol. The van der Waals surface area contributed by atoms with Crippen molar-refractivity contribution in [3.63, 3.8) is 0 Å². The molecule has 1 saturated heterocycles. The van der Waals surface area contributed by atoms with Gasteiger partial charge in [-0.2, -0.15) is 0 Å². The molecule has 14 heteroatoms. The Morgan fingerprint density at radius 3 is 2.07 bits per heavy atom. The predicted octanol–water partition coefficient (Wildman–Crippen LogP) is 2.73. The van der Waals surface area contributed by atoms with Gasteiger partial charge in [0.1, 0.15) is 43.0 Å². The second-order valence-corrected chi connectivity index (χ2v) is 10.5. The molecule has 0 bridgehead atoms. The Labute approximate surface area is 243 Å². The van der Waals surface area contributed by atoms with Crippen LogP contribution in [-0.2, 0) is 42.9 Å². The van der Waals surface area contributed by atoms with Gasteiger partial charge >= 0.3 is 23.9 Å². The Hall–Kier alpha value is -4.30. The van der Waals surface area contributed by atoms with Gasteiger partial charge in [0.25, 0.3) is 0 Å². The van der Waals surface area contributed by atoms with Crippen LogP contribution in [0.5, 0.6) is 5.75 Å². The fraction of sp³-hybridized carbons (Fsp3) is 0.429. The molecule has 5 atom stereocenters. The van der Waals surface area contributed by atoms with Crippen molar-refractivity contribution in [1.29, 1.82) is 0 Å². The number of ether oxygens (including phenoxy) is 6. The molecule has 0 spiro atoms. The number of benzene rings is 1. The number of thiazole rings is 1. The van der Waals surface area contributed by atoms with Crippen LogP contribution in [-0.4, -0.2) is 72.6 Å². The Kier molecular flexibility index (Phi) is 9.58. The van der Waals surface area contributed by atoms with Crippen LogP contribution in [0.1, 0.15) is 32.7 Å². The maximum atomic E-state index is 13.1. The Balaban J connectivity index is 1.61. The van der Waals surface area contributed by atoms with E-state index in [1.54, 1.807) is 17.5 Å². The van der Waals surface area contributed by atoms with Gasteiger partial charge in [-0.05, 0) is 19.1 Å². The molecule has 1 aliphatic heterocycles. The lowest BCUT2D eigenvalue weighted by molar-refractivity contribution is -0.255. The molecular formula is C28H29NO12S. The van der Waals surface area contributed by atoms with Gasteiger partial charge in [-0.1, -0.05) is 0 Å². The van der Waals surface area contributed by atoms with Crippen LogP contribution in [0.2, 0.25) is 0 Å². The first-order chi connectivity index (χ1) is 19.9. The second-order valence-electron chi connectivity index (χ2n) is 9.44. The first-order valence-corrected chi connectivity index (χ1v) is 13.7. The van der Waals surface area contributed by atoms with Crippen LogP contribution in [0.3, 0.4) is 0 Å². The molecule has 0 amide bonds. The smallest absolute Gasteiger partial charge is 0.303 e. The maximum absolute atomic E-state index is 13.1. The molecule has 1 aliphatic rings. The zero-order valence-electron chi connectivity index (χ0n) is 23.4. The Bertz CT molecular complexity index is 1550. The van der Waals surface area contributed by atoms with Crippen molar-refractivity contribution in [2.75, 3.05) is 13.2 Å². The molecular weight excluding hydrogens is 574 g/mol. The van der Waals surface area contributed by atoms with Crippen molar-refractivity contribution in [2.45, 2.75) is 65.1 Å². The zero-order chi connectivity index (χ0) is 30.6. The molecule has 1 fully saturated rings. The number of hydrogen-bond acceptors (Lipinski definition) is 14. The quantitative estimate of drug-likeness (QED) is 0.259. The molecule has 0 saturated carbocycles. The summed E-state index contributed by atoms with van der Waals surface area (Å²) in [4.78, 5) is 64.8. The molecule has 42 heavy (non-hydrogen) atoms. The molecule has 4 rings (SSSR count). The minimum atomic E-state index is -1.30. The van der Waals surface area contributed by atoms with Crippen molar-refractivity contribution in [3.8, 4) is 17.0 Å². The van der Waals surface area contributed by atoms with Gasteiger partial charge in [0.15, 0.2) is 18.3 Å². The first-order valence-electron chi connectivity index (χ1n) is 12.8. The lowest BCUT2D eigenvalue weighted by Crippen LogP contribution is -2.63. The molecule has 0 aliphatic carbocycles. The third-order valence-electron chi connectivity index (χ3n) is 6.14. The third kappa shape index (κ3) is 7.31. The highest BCUT2D eigenvalue weighted by Gasteiger charge is 2.52. The maximum Gasteiger partial charge on any atom is 0.303 e. The van der Waals surface area contributed by atoms with E-state index in [-0.39, 0.29) is 30.0 Å². The van der Waals surface area contributed by atoms with Gasteiger partial charge in [-0.15, -0.1) is 11.3 Å². The molecule has 3 heterocycles. The van der Waals surface area contributed by atoms with Gasteiger partial charge < -0.3 is 32.8 Å². The van der Waals surface area contributed by atoms with E-state index in [9.17, 15) is 24.0 Å². The van der Waals surface area contributed by atoms with Crippen LogP contribution in [0.15, 0.2) is 39.1 Å². The van der Waals surface area contributed by atoms with E-state index in [0.717, 1.165) is 25.8 Å². The number of fused-ring (bicyclic) bond motifs is 1. The molecule has 13 nitrogen and oxygen atoms in total. The number of carbonyl (C=O) groups is 4. The molecule has 0 N–H and O–H groups in total. The summed E-state index contributed by atoms with van der Waals surface area (Å²) < 4.78 is 39.0. The van der Waals surface area contributed by atoms with E-state index in [1.165, 1.54) is 30.6 Å². The zero-order valence-corrected chi connectivity index (χ0v) is 24.3. The lowest BCUT2D eigenvalue weighted by Gasteiger charge is -2.44. The van der Waals surface area contributed by atoms with Gasteiger partial charge in [0.2, 0.25) is 5.43 Å². The van der Waals surface area contributed by atoms with E-state index in [2.05, 4.69) is 4.98 Å². The lowest BCUT2D eigenvalue weighted by atomic mass is 9.94. The number of rotatable bonds is 9. The standard InChI is InChI=1S/C28H29NO12S/c1-13-29-21(12-42-13)20-9-37-22-8-18(6-7-19(22)25(20)34)36-11-24-27(39-16(4)32)28(40-17(5)33)26(38-15(3)31)23(41-24)10-35-14(2)30/h6-9,12,23-24,26-28H,10-11H2,1-5H3. The average Bonchev–Trinajstić information content (AvgIpc) is 3.34. The van der Waals surface area contributed by atoms with E-state index < -0.39 is 54.4 Å². The van der Waals surface area contributed by atoms with Crippen molar-refractivity contribution >= 4 is 46.2 Å². The largest absolute Gasteiger partial charge is 0.491 e. The summed E-state index contributed by atoms with van der Waals surface area (Å²) >= 11 is 1.42. The molecule has 224 valence electrons. The van der Waals surface area contributed by atoms with Crippen LogP contribution < -0.4 is 10.2 Å². The number of carbonyl (C=O) groups excluding carboxylic acids is 4. The van der Waals surface area contributed by atoms with Crippen LogP contribution in [0.25, 0.3) is 22.2 Å². The number of esters is 4. The summed E-state index contributed by atoms with van der Waals surface area (Å²) in [6, 6.07) is 4.62. The molecule has 1 aromatic carbocycles. The van der Waals surface area contributed by atoms with Gasteiger partial charge in [-0.3, -0.25) is 24.0 Å². The van der Waals surface area contributed by atoms with Crippen molar-refractivity contribution < 1.29 is 52.0 Å².